The lowest BCUT2D eigenvalue weighted by Crippen LogP contribution is -3.07. The standard InChI is InChI=1S/C17H21NO3/c1-18-8-7-17-6-5-12(19)9-14(17)21-16-13(20-2)4-3-11(10-18)15(16)17/h3-6,12,14,19H,7-10H2,1-2H3/p+1/t12-,14-,17-/m0/s1. The van der Waals surface area contributed by atoms with Gasteiger partial charge >= 0.3 is 0 Å². The summed E-state index contributed by atoms with van der Waals surface area (Å²) in [5.41, 5.74) is 2.56. The van der Waals surface area contributed by atoms with Crippen molar-refractivity contribution in [3.63, 3.8) is 0 Å². The normalized spacial score (nSPS) is 36.4. The summed E-state index contributed by atoms with van der Waals surface area (Å²) in [6.45, 7) is 2.12. The van der Waals surface area contributed by atoms with Crippen molar-refractivity contribution in [3.05, 3.63) is 35.4 Å². The van der Waals surface area contributed by atoms with Gasteiger partial charge in [0.15, 0.2) is 11.5 Å². The summed E-state index contributed by atoms with van der Waals surface area (Å²) >= 11 is 0. The summed E-state index contributed by atoms with van der Waals surface area (Å²) in [6.07, 6.45) is 5.47. The molecular weight excluding hydrogens is 266 g/mol. The summed E-state index contributed by atoms with van der Waals surface area (Å²) in [5.74, 6) is 1.71. The second-order valence-electron chi connectivity index (χ2n) is 6.57. The summed E-state index contributed by atoms with van der Waals surface area (Å²) in [4.78, 5) is 1.52. The lowest BCUT2D eigenvalue weighted by Gasteiger charge is -2.35. The minimum atomic E-state index is -0.405. The van der Waals surface area contributed by atoms with Gasteiger partial charge in [-0.2, -0.15) is 0 Å². The highest BCUT2D eigenvalue weighted by atomic mass is 16.5. The van der Waals surface area contributed by atoms with Crippen LogP contribution in [0.15, 0.2) is 24.3 Å². The Balaban J connectivity index is 1.95. The van der Waals surface area contributed by atoms with E-state index in [1.165, 1.54) is 16.0 Å². The number of nitrogens with one attached hydrogen (secondary N) is 1. The molecule has 1 spiro atoms. The van der Waals surface area contributed by atoms with Crippen molar-refractivity contribution in [1.82, 2.24) is 0 Å². The van der Waals surface area contributed by atoms with Crippen LogP contribution in [0.25, 0.3) is 0 Å². The first-order chi connectivity index (χ1) is 10.1. The molecule has 2 aliphatic heterocycles. The maximum absolute atomic E-state index is 9.98. The molecule has 21 heavy (non-hydrogen) atoms. The van der Waals surface area contributed by atoms with Gasteiger partial charge in [-0.15, -0.1) is 0 Å². The zero-order valence-corrected chi connectivity index (χ0v) is 12.6. The van der Waals surface area contributed by atoms with E-state index in [0.29, 0.717) is 6.42 Å². The molecule has 0 saturated heterocycles. The zero-order chi connectivity index (χ0) is 14.6. The summed E-state index contributed by atoms with van der Waals surface area (Å²) in [6, 6.07) is 4.19. The number of ether oxygens (including phenoxy) is 2. The molecule has 2 heterocycles. The van der Waals surface area contributed by atoms with Crippen molar-refractivity contribution < 1.29 is 19.5 Å². The number of hydrogen-bond acceptors (Lipinski definition) is 3. The van der Waals surface area contributed by atoms with Gasteiger partial charge in [-0.3, -0.25) is 0 Å². The molecule has 0 fully saturated rings. The van der Waals surface area contributed by atoms with E-state index in [9.17, 15) is 5.11 Å². The van der Waals surface area contributed by atoms with Gasteiger partial charge in [0.05, 0.1) is 32.2 Å². The second kappa shape index (κ2) is 4.49. The summed E-state index contributed by atoms with van der Waals surface area (Å²) < 4.78 is 11.8. The van der Waals surface area contributed by atoms with Crippen LogP contribution in [0, 0.1) is 0 Å². The third-order valence-electron chi connectivity index (χ3n) is 5.26. The maximum atomic E-state index is 9.98. The van der Waals surface area contributed by atoms with Crippen LogP contribution in [-0.4, -0.2) is 38.0 Å². The first-order valence-electron chi connectivity index (χ1n) is 7.70. The van der Waals surface area contributed by atoms with Crippen LogP contribution in [0.2, 0.25) is 0 Å². The van der Waals surface area contributed by atoms with Crippen molar-refractivity contribution in [2.75, 3.05) is 20.7 Å². The highest BCUT2D eigenvalue weighted by Gasteiger charge is 2.53. The predicted molar refractivity (Wildman–Crippen MR) is 78.9 cm³/mol. The Labute approximate surface area is 125 Å². The molecule has 1 aliphatic carbocycles. The maximum Gasteiger partial charge on any atom is 0.166 e. The van der Waals surface area contributed by atoms with Crippen LogP contribution in [-0.2, 0) is 12.0 Å². The molecule has 4 atom stereocenters. The van der Waals surface area contributed by atoms with Gasteiger partial charge in [0, 0.05) is 24.0 Å². The molecule has 1 aromatic carbocycles. The van der Waals surface area contributed by atoms with E-state index in [1.807, 2.05) is 12.1 Å². The van der Waals surface area contributed by atoms with E-state index in [2.05, 4.69) is 19.2 Å². The number of aliphatic hydroxyl groups excluding tert-OH is 1. The molecule has 3 aliphatic rings. The SMILES string of the molecule is COc1ccc2c3c1O[C@H]1C[C@@H](O)C=C[C@@]31CC[NH+](C)C2. The van der Waals surface area contributed by atoms with Crippen LogP contribution >= 0.6 is 0 Å². The van der Waals surface area contributed by atoms with Crippen LogP contribution in [0.5, 0.6) is 11.5 Å². The molecule has 1 unspecified atom stereocenters. The minimum Gasteiger partial charge on any atom is -0.493 e. The number of benzene rings is 1. The monoisotopic (exact) mass is 288 g/mol. The van der Waals surface area contributed by atoms with Crippen molar-refractivity contribution in [2.24, 2.45) is 0 Å². The average Bonchev–Trinajstić information content (AvgIpc) is 2.72. The molecule has 0 radical (unpaired) electrons. The molecule has 4 nitrogen and oxygen atoms in total. The summed E-state index contributed by atoms with van der Waals surface area (Å²) in [7, 11) is 3.93. The molecule has 2 N–H and O–H groups in total. The zero-order valence-electron chi connectivity index (χ0n) is 12.6. The lowest BCUT2D eigenvalue weighted by molar-refractivity contribution is -0.893. The Kier molecular flexibility index (Phi) is 2.81. The predicted octanol–water partition coefficient (Wildman–Crippen LogP) is 0.433. The quantitative estimate of drug-likeness (QED) is 0.737. The van der Waals surface area contributed by atoms with E-state index >= 15 is 0 Å². The fraction of sp³-hybridized carbons (Fsp3) is 0.529. The van der Waals surface area contributed by atoms with Gasteiger partial charge in [-0.25, -0.2) is 0 Å². The van der Waals surface area contributed by atoms with E-state index < -0.39 is 6.10 Å². The highest BCUT2D eigenvalue weighted by molar-refractivity contribution is 5.60. The molecule has 112 valence electrons. The topological polar surface area (TPSA) is 43.1 Å². The molecular formula is C17H22NO3+. The van der Waals surface area contributed by atoms with Crippen LogP contribution in [0.3, 0.4) is 0 Å². The van der Waals surface area contributed by atoms with Crippen LogP contribution < -0.4 is 14.4 Å². The van der Waals surface area contributed by atoms with Crippen molar-refractivity contribution in [2.45, 2.75) is 37.0 Å². The first-order valence-corrected chi connectivity index (χ1v) is 7.70. The van der Waals surface area contributed by atoms with Gasteiger partial charge < -0.3 is 19.5 Å². The van der Waals surface area contributed by atoms with E-state index in [-0.39, 0.29) is 11.5 Å². The first kappa shape index (κ1) is 13.2. The fourth-order valence-corrected chi connectivity index (χ4v) is 4.18. The number of quaternary nitrogens is 1. The molecule has 4 rings (SSSR count). The highest BCUT2D eigenvalue weighted by Crippen LogP contribution is 2.54. The Morgan fingerprint density at radius 3 is 3.10 bits per heavy atom. The van der Waals surface area contributed by atoms with E-state index in [4.69, 9.17) is 9.47 Å². The van der Waals surface area contributed by atoms with E-state index in [0.717, 1.165) is 31.0 Å². The number of aliphatic hydroxyl groups is 1. The van der Waals surface area contributed by atoms with Gasteiger partial charge in [0.2, 0.25) is 0 Å². The van der Waals surface area contributed by atoms with Crippen molar-refractivity contribution >= 4 is 0 Å². The average molecular weight is 288 g/mol. The largest absolute Gasteiger partial charge is 0.493 e. The Bertz CT molecular complexity index is 612. The molecule has 4 heteroatoms. The van der Waals surface area contributed by atoms with Crippen LogP contribution in [0.4, 0.5) is 0 Å². The fourth-order valence-electron chi connectivity index (χ4n) is 4.18. The van der Waals surface area contributed by atoms with Crippen molar-refractivity contribution in [3.8, 4) is 11.5 Å². The third kappa shape index (κ3) is 1.75. The molecule has 0 amide bonds. The molecule has 0 saturated carbocycles. The van der Waals surface area contributed by atoms with Gasteiger partial charge in [-0.1, -0.05) is 12.2 Å². The lowest BCUT2D eigenvalue weighted by atomic mass is 9.69. The Hall–Kier alpha value is -1.52. The Morgan fingerprint density at radius 2 is 2.29 bits per heavy atom. The molecule has 0 bridgehead atoms. The van der Waals surface area contributed by atoms with Gasteiger partial charge in [0.25, 0.3) is 0 Å². The Morgan fingerprint density at radius 1 is 1.43 bits per heavy atom. The smallest absolute Gasteiger partial charge is 0.166 e. The van der Waals surface area contributed by atoms with Crippen molar-refractivity contribution in [1.29, 1.82) is 0 Å². The number of rotatable bonds is 1. The summed E-state index contributed by atoms with van der Waals surface area (Å²) in [5, 5.41) is 9.98. The minimum absolute atomic E-state index is 0.0217. The molecule has 1 aromatic rings. The third-order valence-corrected chi connectivity index (χ3v) is 5.26. The van der Waals surface area contributed by atoms with Gasteiger partial charge in [-0.05, 0) is 12.1 Å². The van der Waals surface area contributed by atoms with Crippen LogP contribution in [0.1, 0.15) is 24.0 Å². The number of hydrogen-bond donors (Lipinski definition) is 2. The molecule has 0 aromatic heterocycles. The van der Waals surface area contributed by atoms with E-state index in [1.54, 1.807) is 7.11 Å². The number of methoxy groups -OCH3 is 1. The second-order valence-corrected chi connectivity index (χ2v) is 6.57. The van der Waals surface area contributed by atoms with Gasteiger partial charge in [0.1, 0.15) is 12.6 Å².